The summed E-state index contributed by atoms with van der Waals surface area (Å²) in [6.45, 7) is 9.04. The molecule has 1 aliphatic carbocycles. The Labute approximate surface area is 172 Å². The Kier molecular flexibility index (Phi) is 4.61. The first kappa shape index (κ1) is 20.1. The Hall–Kier alpha value is -2.21. The average molecular weight is 417 g/mol. The van der Waals surface area contributed by atoms with Crippen LogP contribution in [0.2, 0.25) is 0 Å². The molecule has 4 rings (SSSR count). The molecule has 1 aliphatic rings. The van der Waals surface area contributed by atoms with Gasteiger partial charge in [0.2, 0.25) is 0 Å². The molecule has 0 fully saturated rings. The van der Waals surface area contributed by atoms with E-state index in [2.05, 4.69) is 49.8 Å². The van der Waals surface area contributed by atoms with Crippen LogP contribution in [0.25, 0.3) is 21.8 Å². The van der Waals surface area contributed by atoms with Gasteiger partial charge < -0.3 is 0 Å². The molecular formula is C23H23F3N2S. The lowest BCUT2D eigenvalue weighted by molar-refractivity contribution is -0.137. The van der Waals surface area contributed by atoms with E-state index in [9.17, 15) is 13.2 Å². The molecule has 29 heavy (non-hydrogen) atoms. The lowest BCUT2D eigenvalue weighted by atomic mass is 9.63. The smallest absolute Gasteiger partial charge is 0.264 e. The second-order valence-electron chi connectivity index (χ2n) is 8.99. The fourth-order valence-electron chi connectivity index (χ4n) is 4.09. The molecule has 3 aromatic rings. The van der Waals surface area contributed by atoms with Gasteiger partial charge in [-0.15, -0.1) is 11.3 Å². The van der Waals surface area contributed by atoms with Crippen LogP contribution < -0.4 is 0 Å². The van der Waals surface area contributed by atoms with Crippen LogP contribution >= 0.6 is 11.3 Å². The van der Waals surface area contributed by atoms with Crippen molar-refractivity contribution in [3.8, 4) is 21.8 Å². The molecule has 2 nitrogen and oxygen atoms in total. The number of fused-ring (bicyclic) bond motifs is 1. The zero-order valence-electron chi connectivity index (χ0n) is 16.9. The molecule has 6 heteroatoms. The van der Waals surface area contributed by atoms with Gasteiger partial charge in [-0.1, -0.05) is 39.8 Å². The quantitative estimate of drug-likeness (QED) is 0.440. The maximum Gasteiger partial charge on any atom is 0.417 e. The molecule has 0 unspecified atom stereocenters. The Morgan fingerprint density at radius 3 is 2.34 bits per heavy atom. The second-order valence-corrected chi connectivity index (χ2v) is 9.84. The van der Waals surface area contributed by atoms with Crippen LogP contribution in [-0.4, -0.2) is 9.97 Å². The number of hydrogen-bond acceptors (Lipinski definition) is 3. The minimum Gasteiger partial charge on any atom is -0.264 e. The average Bonchev–Trinajstić information content (AvgIpc) is 3.15. The third kappa shape index (κ3) is 3.59. The Morgan fingerprint density at radius 2 is 1.66 bits per heavy atom. The van der Waals surface area contributed by atoms with Crippen LogP contribution in [0.3, 0.4) is 0 Å². The highest BCUT2D eigenvalue weighted by atomic mass is 32.1. The fraction of sp³-hybridized carbons (Fsp3) is 0.391. The van der Waals surface area contributed by atoms with Gasteiger partial charge in [0, 0.05) is 28.9 Å². The molecule has 0 atom stereocenters. The van der Waals surface area contributed by atoms with Gasteiger partial charge in [-0.2, -0.15) is 13.2 Å². The van der Waals surface area contributed by atoms with E-state index in [-0.39, 0.29) is 16.4 Å². The third-order valence-corrected chi connectivity index (χ3v) is 6.89. The van der Waals surface area contributed by atoms with E-state index in [4.69, 9.17) is 0 Å². The number of aromatic nitrogens is 2. The van der Waals surface area contributed by atoms with Gasteiger partial charge in [-0.05, 0) is 46.9 Å². The highest BCUT2D eigenvalue weighted by molar-refractivity contribution is 7.13. The van der Waals surface area contributed by atoms with Gasteiger partial charge >= 0.3 is 6.18 Å². The number of thiazole rings is 1. The molecular weight excluding hydrogens is 393 g/mol. The fourth-order valence-corrected chi connectivity index (χ4v) is 4.94. The first-order valence-electron chi connectivity index (χ1n) is 9.61. The summed E-state index contributed by atoms with van der Waals surface area (Å²) >= 11 is 1.21. The molecule has 152 valence electrons. The van der Waals surface area contributed by atoms with E-state index in [0.29, 0.717) is 10.7 Å². The SMILES string of the molecule is CC1(C)CCC(C)(C)c2cc(-c3csc(-c4cnccc4C(F)(F)F)n3)ccc21. The van der Waals surface area contributed by atoms with Crippen LogP contribution in [0.15, 0.2) is 42.0 Å². The Bertz CT molecular complexity index is 1060. The van der Waals surface area contributed by atoms with Crippen molar-refractivity contribution < 1.29 is 13.2 Å². The van der Waals surface area contributed by atoms with Gasteiger partial charge in [0.15, 0.2) is 0 Å². The zero-order chi connectivity index (χ0) is 21.0. The molecule has 0 N–H and O–H groups in total. The predicted octanol–water partition coefficient (Wildman–Crippen LogP) is 7.24. The number of hydrogen-bond donors (Lipinski definition) is 0. The van der Waals surface area contributed by atoms with Crippen molar-refractivity contribution in [3.63, 3.8) is 0 Å². The summed E-state index contributed by atoms with van der Waals surface area (Å²) in [6.07, 6.45) is 0.196. The molecule has 0 saturated carbocycles. The van der Waals surface area contributed by atoms with E-state index >= 15 is 0 Å². The summed E-state index contributed by atoms with van der Waals surface area (Å²) in [5.41, 5.74) is 3.79. The van der Waals surface area contributed by atoms with E-state index in [1.165, 1.54) is 28.7 Å². The van der Waals surface area contributed by atoms with Gasteiger partial charge in [0.25, 0.3) is 0 Å². The second kappa shape index (κ2) is 6.66. The minimum atomic E-state index is -4.44. The van der Waals surface area contributed by atoms with Crippen LogP contribution in [0.4, 0.5) is 13.2 Å². The van der Waals surface area contributed by atoms with Crippen LogP contribution in [0.1, 0.15) is 57.2 Å². The van der Waals surface area contributed by atoms with Gasteiger partial charge in [0.05, 0.1) is 11.3 Å². The molecule has 0 saturated heterocycles. The molecule has 0 aliphatic heterocycles. The summed E-state index contributed by atoms with van der Waals surface area (Å²) in [4.78, 5) is 8.41. The number of rotatable bonds is 2. The van der Waals surface area contributed by atoms with Gasteiger partial charge in [-0.3, -0.25) is 4.98 Å². The molecule has 0 bridgehead atoms. The van der Waals surface area contributed by atoms with Crippen molar-refractivity contribution in [2.75, 3.05) is 0 Å². The summed E-state index contributed by atoms with van der Waals surface area (Å²) in [6, 6.07) is 7.37. The third-order valence-electron chi connectivity index (χ3n) is 6.01. The number of benzene rings is 1. The van der Waals surface area contributed by atoms with Crippen molar-refractivity contribution in [1.29, 1.82) is 0 Å². The number of pyridine rings is 1. The topological polar surface area (TPSA) is 25.8 Å². The Balaban J connectivity index is 1.78. The highest BCUT2D eigenvalue weighted by Crippen LogP contribution is 2.47. The van der Waals surface area contributed by atoms with Crippen molar-refractivity contribution >= 4 is 11.3 Å². The maximum absolute atomic E-state index is 13.4. The highest BCUT2D eigenvalue weighted by Gasteiger charge is 2.37. The number of nitrogens with zero attached hydrogens (tertiary/aromatic N) is 2. The van der Waals surface area contributed by atoms with Crippen LogP contribution in [0.5, 0.6) is 0 Å². The van der Waals surface area contributed by atoms with E-state index in [1.807, 2.05) is 11.4 Å². The summed E-state index contributed by atoms with van der Waals surface area (Å²) in [5.74, 6) is 0. The van der Waals surface area contributed by atoms with Crippen molar-refractivity contribution in [2.45, 2.75) is 57.5 Å². The zero-order valence-corrected chi connectivity index (χ0v) is 17.7. The molecule has 2 aromatic heterocycles. The maximum atomic E-state index is 13.4. The lowest BCUT2D eigenvalue weighted by Gasteiger charge is -2.42. The number of halogens is 3. The monoisotopic (exact) mass is 416 g/mol. The number of alkyl halides is 3. The van der Waals surface area contributed by atoms with Gasteiger partial charge in [-0.25, -0.2) is 4.98 Å². The normalized spacial score (nSPS) is 17.8. The summed E-state index contributed by atoms with van der Waals surface area (Å²) < 4.78 is 40.1. The van der Waals surface area contributed by atoms with Crippen LogP contribution in [0, 0.1) is 0 Å². The van der Waals surface area contributed by atoms with Crippen molar-refractivity contribution in [1.82, 2.24) is 9.97 Å². The van der Waals surface area contributed by atoms with Crippen molar-refractivity contribution in [3.05, 3.63) is 58.7 Å². The van der Waals surface area contributed by atoms with Crippen molar-refractivity contribution in [2.24, 2.45) is 0 Å². The molecule has 0 amide bonds. The van der Waals surface area contributed by atoms with E-state index < -0.39 is 11.7 Å². The predicted molar refractivity (Wildman–Crippen MR) is 111 cm³/mol. The van der Waals surface area contributed by atoms with E-state index in [0.717, 1.165) is 30.7 Å². The first-order valence-corrected chi connectivity index (χ1v) is 10.5. The molecule has 0 spiro atoms. The van der Waals surface area contributed by atoms with Crippen LogP contribution in [-0.2, 0) is 17.0 Å². The molecule has 1 aromatic carbocycles. The van der Waals surface area contributed by atoms with Gasteiger partial charge in [0.1, 0.15) is 5.01 Å². The molecule has 2 heterocycles. The largest absolute Gasteiger partial charge is 0.417 e. The summed E-state index contributed by atoms with van der Waals surface area (Å²) in [7, 11) is 0. The first-order chi connectivity index (χ1) is 13.5. The summed E-state index contributed by atoms with van der Waals surface area (Å²) in [5, 5.41) is 2.16. The lowest BCUT2D eigenvalue weighted by Crippen LogP contribution is -2.33. The molecule has 0 radical (unpaired) electrons. The van der Waals surface area contributed by atoms with E-state index in [1.54, 1.807) is 0 Å². The standard InChI is InChI=1S/C23H23F3N2S/c1-21(2)8-9-22(3,4)18-11-14(5-6-17(18)21)19-13-29-20(28-19)15-12-27-10-7-16(15)23(24,25)26/h5-7,10-13H,8-9H2,1-4H3. The minimum absolute atomic E-state index is 0.0238. The Morgan fingerprint density at radius 1 is 0.966 bits per heavy atom.